The van der Waals surface area contributed by atoms with E-state index in [9.17, 15) is 4.79 Å². The summed E-state index contributed by atoms with van der Waals surface area (Å²) in [5.41, 5.74) is 0.196. The van der Waals surface area contributed by atoms with Crippen molar-refractivity contribution in [3.05, 3.63) is 0 Å². The second-order valence-corrected chi connectivity index (χ2v) is 7.44. The van der Waals surface area contributed by atoms with Gasteiger partial charge in [0.05, 0.1) is 6.04 Å². The van der Waals surface area contributed by atoms with Gasteiger partial charge in [-0.3, -0.25) is 9.69 Å². The Hall–Kier alpha value is -0.360. The Morgan fingerprint density at radius 2 is 1.83 bits per heavy atom. The summed E-state index contributed by atoms with van der Waals surface area (Å²) in [6.07, 6.45) is 8.48. The van der Waals surface area contributed by atoms with Crippen LogP contribution in [0.5, 0.6) is 0 Å². The zero-order valence-electron chi connectivity index (χ0n) is 14.5. The van der Waals surface area contributed by atoms with Crippen LogP contribution in [0.1, 0.15) is 44.9 Å². The third-order valence-corrected chi connectivity index (χ3v) is 5.91. The molecule has 134 valence electrons. The summed E-state index contributed by atoms with van der Waals surface area (Å²) in [5.74, 6) is 0.216. The predicted octanol–water partition coefficient (Wildman–Crippen LogP) is 1.23. The Balaban J connectivity index is 0.00000192. The van der Waals surface area contributed by atoms with Crippen LogP contribution in [-0.2, 0) is 4.79 Å². The van der Waals surface area contributed by atoms with Crippen molar-refractivity contribution in [2.75, 3.05) is 46.3 Å². The van der Waals surface area contributed by atoms with Gasteiger partial charge < -0.3 is 15.5 Å². The molecule has 3 saturated heterocycles. The smallest absolute Gasteiger partial charge is 0.237 e. The van der Waals surface area contributed by atoms with Crippen LogP contribution in [0.4, 0.5) is 0 Å². The largest absolute Gasteiger partial charge is 0.353 e. The molecule has 0 spiro atoms. The minimum absolute atomic E-state index is 0. The number of hydrogen-bond acceptors (Lipinski definition) is 4. The molecule has 5 nitrogen and oxygen atoms in total. The van der Waals surface area contributed by atoms with Crippen molar-refractivity contribution >= 4 is 18.3 Å². The molecule has 0 aromatic rings. The van der Waals surface area contributed by atoms with Crippen molar-refractivity contribution in [2.45, 2.75) is 56.5 Å². The van der Waals surface area contributed by atoms with Crippen LogP contribution < -0.4 is 10.6 Å². The second kappa shape index (κ2) is 8.65. The van der Waals surface area contributed by atoms with Gasteiger partial charge in [-0.15, -0.1) is 12.4 Å². The predicted molar refractivity (Wildman–Crippen MR) is 96.2 cm³/mol. The molecule has 3 rings (SSSR count). The molecule has 3 heterocycles. The van der Waals surface area contributed by atoms with Crippen molar-refractivity contribution < 1.29 is 4.79 Å². The zero-order chi connectivity index (χ0) is 15.4. The van der Waals surface area contributed by atoms with E-state index < -0.39 is 0 Å². The molecule has 0 saturated carbocycles. The molecular formula is C17H33ClN4O. The fraction of sp³-hybridized carbons (Fsp3) is 0.941. The lowest BCUT2D eigenvalue weighted by molar-refractivity contribution is -0.123. The van der Waals surface area contributed by atoms with Crippen LogP contribution in [0.25, 0.3) is 0 Å². The normalized spacial score (nSPS) is 29.0. The van der Waals surface area contributed by atoms with Gasteiger partial charge in [0.25, 0.3) is 0 Å². The van der Waals surface area contributed by atoms with Crippen molar-refractivity contribution in [1.82, 2.24) is 20.4 Å². The number of carbonyl (C=O) groups excluding carboxylic acids is 1. The van der Waals surface area contributed by atoms with Gasteiger partial charge in [-0.2, -0.15) is 0 Å². The van der Waals surface area contributed by atoms with Crippen LogP contribution >= 0.6 is 12.4 Å². The zero-order valence-corrected chi connectivity index (χ0v) is 15.3. The lowest BCUT2D eigenvalue weighted by Gasteiger charge is -2.50. The summed E-state index contributed by atoms with van der Waals surface area (Å²) >= 11 is 0. The fourth-order valence-electron chi connectivity index (χ4n) is 4.29. The molecule has 6 heteroatoms. The van der Waals surface area contributed by atoms with E-state index in [2.05, 4.69) is 27.5 Å². The maximum absolute atomic E-state index is 12.4. The third-order valence-electron chi connectivity index (χ3n) is 5.91. The van der Waals surface area contributed by atoms with Crippen molar-refractivity contribution in [2.24, 2.45) is 0 Å². The van der Waals surface area contributed by atoms with Crippen molar-refractivity contribution in [3.8, 4) is 0 Å². The molecule has 0 bridgehead atoms. The molecule has 3 aliphatic heterocycles. The highest BCUT2D eigenvalue weighted by molar-refractivity contribution is 5.85. The minimum atomic E-state index is 0. The summed E-state index contributed by atoms with van der Waals surface area (Å²) in [5, 5.41) is 6.59. The first-order valence-electron chi connectivity index (χ1n) is 9.14. The Bertz CT molecular complexity index is 373. The van der Waals surface area contributed by atoms with Crippen LogP contribution in [0.3, 0.4) is 0 Å². The Labute approximate surface area is 146 Å². The highest BCUT2D eigenvalue weighted by atomic mass is 35.5. The SMILES string of the molecule is CN1CCC(CNC(=O)C2CCCN2)(N2CCCCC2)CC1.Cl. The second-order valence-electron chi connectivity index (χ2n) is 7.44. The highest BCUT2D eigenvalue weighted by Crippen LogP contribution is 2.30. The summed E-state index contributed by atoms with van der Waals surface area (Å²) in [4.78, 5) is 17.5. The van der Waals surface area contributed by atoms with Crippen LogP contribution in [0.2, 0.25) is 0 Å². The third kappa shape index (κ3) is 4.59. The van der Waals surface area contributed by atoms with Crippen LogP contribution in [0, 0.1) is 0 Å². The van der Waals surface area contributed by atoms with E-state index in [4.69, 9.17) is 0 Å². The number of rotatable bonds is 4. The Morgan fingerprint density at radius 1 is 1.13 bits per heavy atom. The molecule has 0 aromatic carbocycles. The lowest BCUT2D eigenvalue weighted by Crippen LogP contribution is -2.62. The first-order valence-corrected chi connectivity index (χ1v) is 9.14. The average molecular weight is 345 g/mol. The number of likely N-dealkylation sites (tertiary alicyclic amines) is 2. The van der Waals surface area contributed by atoms with Gasteiger partial charge in [-0.25, -0.2) is 0 Å². The van der Waals surface area contributed by atoms with Gasteiger partial charge in [0.15, 0.2) is 0 Å². The molecule has 1 amide bonds. The number of hydrogen-bond donors (Lipinski definition) is 2. The molecule has 0 aromatic heterocycles. The van der Waals surface area contributed by atoms with Crippen LogP contribution in [-0.4, -0.2) is 73.6 Å². The first kappa shape index (κ1) is 19.0. The van der Waals surface area contributed by atoms with Gasteiger partial charge in [0.1, 0.15) is 0 Å². The van der Waals surface area contributed by atoms with Gasteiger partial charge in [-0.05, 0) is 78.3 Å². The van der Waals surface area contributed by atoms with E-state index >= 15 is 0 Å². The fourth-order valence-corrected chi connectivity index (χ4v) is 4.29. The molecule has 3 fully saturated rings. The van der Waals surface area contributed by atoms with E-state index in [1.807, 2.05) is 0 Å². The highest BCUT2D eigenvalue weighted by Gasteiger charge is 2.40. The van der Waals surface area contributed by atoms with Gasteiger partial charge in [-0.1, -0.05) is 6.42 Å². The van der Waals surface area contributed by atoms with E-state index in [1.165, 1.54) is 45.2 Å². The molecule has 3 aliphatic rings. The summed E-state index contributed by atoms with van der Waals surface area (Å²) in [7, 11) is 2.21. The number of carbonyl (C=O) groups is 1. The molecule has 2 N–H and O–H groups in total. The Morgan fingerprint density at radius 3 is 2.43 bits per heavy atom. The Kier molecular flexibility index (Phi) is 7.14. The molecule has 1 unspecified atom stereocenters. The number of nitrogens with one attached hydrogen (secondary N) is 2. The lowest BCUT2D eigenvalue weighted by atomic mass is 9.84. The van der Waals surface area contributed by atoms with E-state index in [0.29, 0.717) is 0 Å². The number of nitrogens with zero attached hydrogens (tertiary/aromatic N) is 2. The van der Waals surface area contributed by atoms with Crippen molar-refractivity contribution in [1.29, 1.82) is 0 Å². The number of piperidine rings is 2. The molecule has 0 aliphatic carbocycles. The maximum Gasteiger partial charge on any atom is 0.237 e. The number of halogens is 1. The van der Waals surface area contributed by atoms with Gasteiger partial charge in [0.2, 0.25) is 5.91 Å². The summed E-state index contributed by atoms with van der Waals surface area (Å²) < 4.78 is 0. The van der Waals surface area contributed by atoms with Crippen LogP contribution in [0.15, 0.2) is 0 Å². The molecule has 23 heavy (non-hydrogen) atoms. The summed E-state index contributed by atoms with van der Waals surface area (Å²) in [6.45, 7) is 6.53. The maximum atomic E-state index is 12.4. The van der Waals surface area contributed by atoms with Crippen molar-refractivity contribution in [3.63, 3.8) is 0 Å². The van der Waals surface area contributed by atoms with E-state index in [-0.39, 0.29) is 29.9 Å². The molecular weight excluding hydrogens is 312 g/mol. The standard InChI is InChI=1S/C17H32N4O.ClH/c1-20-12-7-17(8-13-20,21-10-3-2-4-11-21)14-19-16(22)15-6-5-9-18-15;/h15,18H,2-14H2,1H3,(H,19,22);1H. The quantitative estimate of drug-likeness (QED) is 0.805. The molecule has 1 atom stereocenters. The van der Waals surface area contributed by atoms with Gasteiger partial charge >= 0.3 is 0 Å². The van der Waals surface area contributed by atoms with E-state index in [0.717, 1.165) is 39.0 Å². The summed E-state index contributed by atoms with van der Waals surface area (Å²) in [6, 6.07) is 0.0460. The topological polar surface area (TPSA) is 47.6 Å². The monoisotopic (exact) mass is 344 g/mol. The van der Waals surface area contributed by atoms with E-state index in [1.54, 1.807) is 0 Å². The minimum Gasteiger partial charge on any atom is -0.353 e. The average Bonchev–Trinajstić information content (AvgIpc) is 3.10. The molecule has 0 radical (unpaired) electrons. The number of amides is 1. The van der Waals surface area contributed by atoms with Gasteiger partial charge in [0, 0.05) is 12.1 Å². The first-order chi connectivity index (χ1) is 10.7.